The topological polar surface area (TPSA) is 37.8 Å². The highest BCUT2D eigenvalue weighted by atomic mass is 19.4. The van der Waals surface area contributed by atoms with Crippen LogP contribution >= 0.6 is 0 Å². The third-order valence-electron chi connectivity index (χ3n) is 2.30. The monoisotopic (exact) mass is 242 g/mol. The fraction of sp³-hybridized carbons (Fsp3) is 0.182. The number of nitrogens with one attached hydrogen (secondary N) is 1. The van der Waals surface area contributed by atoms with E-state index in [1.165, 1.54) is 18.3 Å². The molecule has 2 aromatic rings. The van der Waals surface area contributed by atoms with Crippen LogP contribution in [0.5, 0.6) is 0 Å². The zero-order chi connectivity index (χ0) is 12.6. The van der Waals surface area contributed by atoms with E-state index in [1.807, 2.05) is 0 Å². The van der Waals surface area contributed by atoms with Gasteiger partial charge in [-0.3, -0.25) is 4.57 Å². The van der Waals surface area contributed by atoms with Gasteiger partial charge in [0, 0.05) is 11.9 Å². The van der Waals surface area contributed by atoms with Crippen molar-refractivity contribution in [2.75, 3.05) is 0 Å². The number of benzene rings is 1. The van der Waals surface area contributed by atoms with Gasteiger partial charge in [-0.2, -0.15) is 13.2 Å². The van der Waals surface area contributed by atoms with Crippen LogP contribution in [0, 0.1) is 6.92 Å². The minimum absolute atomic E-state index is 0.189. The second kappa shape index (κ2) is 3.80. The molecule has 17 heavy (non-hydrogen) atoms. The summed E-state index contributed by atoms with van der Waals surface area (Å²) in [7, 11) is 0. The number of aromatic amines is 1. The van der Waals surface area contributed by atoms with Gasteiger partial charge in [-0.1, -0.05) is 6.07 Å². The average Bonchev–Trinajstić information content (AvgIpc) is 2.57. The normalized spacial score (nSPS) is 11.8. The summed E-state index contributed by atoms with van der Waals surface area (Å²) in [4.78, 5) is 13.9. The first-order chi connectivity index (χ1) is 7.88. The predicted molar refractivity (Wildman–Crippen MR) is 56.1 cm³/mol. The third-order valence-corrected chi connectivity index (χ3v) is 2.30. The number of alkyl halides is 3. The molecule has 0 saturated heterocycles. The maximum atomic E-state index is 12.5. The number of rotatable bonds is 1. The van der Waals surface area contributed by atoms with Crippen LogP contribution in [0.2, 0.25) is 0 Å². The fourth-order valence-electron chi connectivity index (χ4n) is 1.54. The van der Waals surface area contributed by atoms with Crippen LogP contribution in [-0.2, 0) is 6.18 Å². The largest absolute Gasteiger partial charge is 0.416 e. The van der Waals surface area contributed by atoms with Crippen molar-refractivity contribution in [3.8, 4) is 5.69 Å². The molecule has 0 amide bonds. The second-order valence-corrected chi connectivity index (χ2v) is 3.66. The highest BCUT2D eigenvalue weighted by molar-refractivity contribution is 5.37. The maximum absolute atomic E-state index is 12.5. The Bertz CT molecular complexity index is 595. The van der Waals surface area contributed by atoms with E-state index in [-0.39, 0.29) is 5.69 Å². The average molecular weight is 242 g/mol. The van der Waals surface area contributed by atoms with Crippen LogP contribution in [0.1, 0.15) is 11.3 Å². The van der Waals surface area contributed by atoms with Gasteiger partial charge in [-0.05, 0) is 25.1 Å². The minimum atomic E-state index is -4.41. The molecule has 0 saturated carbocycles. The Labute approximate surface area is 94.5 Å². The molecule has 0 spiro atoms. The number of halogens is 3. The summed E-state index contributed by atoms with van der Waals surface area (Å²) in [5.41, 5.74) is -0.454. The van der Waals surface area contributed by atoms with Crippen LogP contribution in [-0.4, -0.2) is 9.55 Å². The molecule has 0 aliphatic heterocycles. The van der Waals surface area contributed by atoms with E-state index >= 15 is 0 Å². The maximum Gasteiger partial charge on any atom is 0.416 e. The van der Waals surface area contributed by atoms with Crippen LogP contribution in [0.4, 0.5) is 13.2 Å². The Morgan fingerprint density at radius 2 is 2.00 bits per heavy atom. The van der Waals surface area contributed by atoms with Crippen LogP contribution in [0.25, 0.3) is 5.69 Å². The molecule has 0 unspecified atom stereocenters. The SMILES string of the molecule is Cc1cn(-c2cccc(C(F)(F)F)c2)c(=O)[nH]1. The lowest BCUT2D eigenvalue weighted by atomic mass is 10.2. The second-order valence-electron chi connectivity index (χ2n) is 3.66. The zero-order valence-electron chi connectivity index (χ0n) is 8.88. The number of hydrogen-bond acceptors (Lipinski definition) is 1. The molecule has 1 aromatic carbocycles. The smallest absolute Gasteiger partial charge is 0.310 e. The number of imidazole rings is 1. The van der Waals surface area contributed by atoms with Crippen molar-refractivity contribution in [2.45, 2.75) is 13.1 Å². The Balaban J connectivity index is 2.54. The van der Waals surface area contributed by atoms with Crippen molar-refractivity contribution in [2.24, 2.45) is 0 Å². The first-order valence-corrected chi connectivity index (χ1v) is 4.84. The van der Waals surface area contributed by atoms with Gasteiger partial charge < -0.3 is 4.98 Å². The molecular formula is C11H9F3N2O. The van der Waals surface area contributed by atoms with Crippen LogP contribution in [0.3, 0.4) is 0 Å². The van der Waals surface area contributed by atoms with Gasteiger partial charge in [0.2, 0.25) is 0 Å². The van der Waals surface area contributed by atoms with Gasteiger partial charge in [0.15, 0.2) is 0 Å². The lowest BCUT2D eigenvalue weighted by Gasteiger charge is -2.08. The molecule has 0 fully saturated rings. The summed E-state index contributed by atoms with van der Waals surface area (Å²) in [5, 5.41) is 0. The molecule has 1 N–H and O–H groups in total. The molecule has 1 heterocycles. The highest BCUT2D eigenvalue weighted by Gasteiger charge is 2.30. The summed E-state index contributed by atoms with van der Waals surface area (Å²) in [6.07, 6.45) is -2.96. The van der Waals surface area contributed by atoms with Gasteiger partial charge >= 0.3 is 11.9 Å². The molecule has 0 atom stereocenters. The molecule has 0 radical (unpaired) electrons. The van der Waals surface area contributed by atoms with Crippen molar-refractivity contribution in [1.29, 1.82) is 0 Å². The quantitative estimate of drug-likeness (QED) is 0.819. The van der Waals surface area contributed by atoms with Gasteiger partial charge in [0.25, 0.3) is 0 Å². The molecule has 6 heteroatoms. The van der Waals surface area contributed by atoms with E-state index in [4.69, 9.17) is 0 Å². The van der Waals surface area contributed by atoms with E-state index < -0.39 is 17.4 Å². The first-order valence-electron chi connectivity index (χ1n) is 4.84. The van der Waals surface area contributed by atoms with Crippen molar-refractivity contribution < 1.29 is 13.2 Å². The van der Waals surface area contributed by atoms with Gasteiger partial charge in [0.05, 0.1) is 11.3 Å². The third kappa shape index (κ3) is 2.25. The number of hydrogen-bond donors (Lipinski definition) is 1. The van der Waals surface area contributed by atoms with Gasteiger partial charge in [-0.15, -0.1) is 0 Å². The van der Waals surface area contributed by atoms with Crippen molar-refractivity contribution in [1.82, 2.24) is 9.55 Å². The lowest BCUT2D eigenvalue weighted by molar-refractivity contribution is -0.137. The van der Waals surface area contributed by atoms with Crippen molar-refractivity contribution in [3.63, 3.8) is 0 Å². The van der Waals surface area contributed by atoms with Crippen LogP contribution < -0.4 is 5.69 Å². The molecule has 3 nitrogen and oxygen atoms in total. The number of aryl methyl sites for hydroxylation is 1. The Morgan fingerprint density at radius 3 is 2.53 bits per heavy atom. The molecule has 1 aromatic heterocycles. The fourth-order valence-corrected chi connectivity index (χ4v) is 1.54. The number of H-pyrrole nitrogens is 1. The Hall–Kier alpha value is -1.98. The van der Waals surface area contributed by atoms with E-state index in [0.717, 1.165) is 16.7 Å². The molecule has 0 aliphatic rings. The molecule has 2 rings (SSSR count). The summed E-state index contributed by atoms with van der Waals surface area (Å²) in [6.45, 7) is 1.66. The number of nitrogens with zero attached hydrogens (tertiary/aromatic N) is 1. The van der Waals surface area contributed by atoms with Crippen molar-refractivity contribution in [3.05, 3.63) is 52.2 Å². The summed E-state index contributed by atoms with van der Waals surface area (Å²) in [5.74, 6) is 0. The molecule has 0 aliphatic carbocycles. The predicted octanol–water partition coefficient (Wildman–Crippen LogP) is 2.49. The van der Waals surface area contributed by atoms with E-state index in [1.54, 1.807) is 6.92 Å². The van der Waals surface area contributed by atoms with Gasteiger partial charge in [-0.25, -0.2) is 4.79 Å². The standard InChI is InChI=1S/C11H9F3N2O/c1-7-6-16(10(17)15-7)9-4-2-3-8(5-9)11(12,13)14/h2-6H,1H3,(H,15,17). The van der Waals surface area contributed by atoms with Gasteiger partial charge in [0.1, 0.15) is 0 Å². The molecule has 90 valence electrons. The summed E-state index contributed by atoms with van der Waals surface area (Å²) in [6, 6.07) is 4.62. The molecular weight excluding hydrogens is 233 g/mol. The summed E-state index contributed by atoms with van der Waals surface area (Å²) < 4.78 is 38.6. The Morgan fingerprint density at radius 1 is 1.29 bits per heavy atom. The minimum Gasteiger partial charge on any atom is -0.310 e. The van der Waals surface area contributed by atoms with Crippen molar-refractivity contribution >= 4 is 0 Å². The zero-order valence-corrected chi connectivity index (χ0v) is 8.88. The number of aromatic nitrogens is 2. The highest BCUT2D eigenvalue weighted by Crippen LogP contribution is 2.30. The first kappa shape index (κ1) is 11.5. The van der Waals surface area contributed by atoms with E-state index in [2.05, 4.69) is 4.98 Å². The van der Waals surface area contributed by atoms with E-state index in [9.17, 15) is 18.0 Å². The summed E-state index contributed by atoms with van der Waals surface area (Å²) >= 11 is 0. The lowest BCUT2D eigenvalue weighted by Crippen LogP contribution is -2.15. The Kier molecular flexibility index (Phi) is 2.57. The van der Waals surface area contributed by atoms with E-state index in [0.29, 0.717) is 5.69 Å². The van der Waals surface area contributed by atoms with Crippen LogP contribution in [0.15, 0.2) is 35.3 Å². The molecule has 0 bridgehead atoms.